The number of carbonyl (C=O) groups is 1. The van der Waals surface area contributed by atoms with Crippen LogP contribution in [0.15, 0.2) is 29.6 Å². The van der Waals surface area contributed by atoms with Gasteiger partial charge in [0.1, 0.15) is 5.75 Å². The Morgan fingerprint density at radius 1 is 1.31 bits per heavy atom. The Hall–Kier alpha value is -1.61. The van der Waals surface area contributed by atoms with Gasteiger partial charge in [0.25, 0.3) is 0 Å². The SMILES string of the molecule is COc1ccc(-c2ccsc2C)cc1C=O. The monoisotopic (exact) mass is 232 g/mol. The first-order valence-corrected chi connectivity index (χ1v) is 5.82. The van der Waals surface area contributed by atoms with Crippen LogP contribution in [0, 0.1) is 6.92 Å². The van der Waals surface area contributed by atoms with Crippen LogP contribution < -0.4 is 4.74 Å². The van der Waals surface area contributed by atoms with E-state index in [1.165, 1.54) is 10.4 Å². The van der Waals surface area contributed by atoms with E-state index in [1.807, 2.05) is 18.2 Å². The summed E-state index contributed by atoms with van der Waals surface area (Å²) in [6.07, 6.45) is 0.823. The lowest BCUT2D eigenvalue weighted by Gasteiger charge is -2.06. The number of hydrogen-bond acceptors (Lipinski definition) is 3. The van der Waals surface area contributed by atoms with Gasteiger partial charge in [0.15, 0.2) is 6.29 Å². The molecule has 0 N–H and O–H groups in total. The van der Waals surface area contributed by atoms with Gasteiger partial charge >= 0.3 is 0 Å². The molecule has 0 unspecified atom stereocenters. The summed E-state index contributed by atoms with van der Waals surface area (Å²) < 4.78 is 5.11. The van der Waals surface area contributed by atoms with Crippen molar-refractivity contribution in [1.29, 1.82) is 0 Å². The van der Waals surface area contributed by atoms with Crippen LogP contribution in [-0.2, 0) is 0 Å². The first kappa shape index (κ1) is 10.9. The van der Waals surface area contributed by atoms with Gasteiger partial charge in [-0.1, -0.05) is 6.07 Å². The zero-order chi connectivity index (χ0) is 11.5. The van der Waals surface area contributed by atoms with Crippen molar-refractivity contribution in [3.63, 3.8) is 0 Å². The van der Waals surface area contributed by atoms with Crippen LogP contribution in [0.2, 0.25) is 0 Å². The van der Waals surface area contributed by atoms with E-state index in [0.29, 0.717) is 11.3 Å². The number of carbonyl (C=O) groups excluding carboxylic acids is 1. The molecule has 2 rings (SSSR count). The molecule has 0 aliphatic heterocycles. The average molecular weight is 232 g/mol. The highest BCUT2D eigenvalue weighted by Gasteiger charge is 2.07. The van der Waals surface area contributed by atoms with Crippen LogP contribution in [0.1, 0.15) is 15.2 Å². The number of ether oxygens (including phenoxy) is 1. The standard InChI is InChI=1S/C13H12O2S/c1-9-12(5-6-16-9)10-3-4-13(15-2)11(7-10)8-14/h3-8H,1-2H3. The smallest absolute Gasteiger partial charge is 0.153 e. The van der Waals surface area contributed by atoms with Crippen molar-refractivity contribution in [2.75, 3.05) is 7.11 Å². The van der Waals surface area contributed by atoms with E-state index >= 15 is 0 Å². The molecule has 0 spiro atoms. The Balaban J connectivity index is 2.52. The summed E-state index contributed by atoms with van der Waals surface area (Å²) in [7, 11) is 1.57. The molecule has 82 valence electrons. The Kier molecular flexibility index (Phi) is 3.06. The third kappa shape index (κ3) is 1.86. The fourth-order valence-electron chi connectivity index (χ4n) is 1.68. The maximum absolute atomic E-state index is 10.9. The number of thiophene rings is 1. The molecule has 2 nitrogen and oxygen atoms in total. The third-order valence-corrected chi connectivity index (χ3v) is 3.37. The van der Waals surface area contributed by atoms with Gasteiger partial charge in [-0.05, 0) is 41.6 Å². The zero-order valence-electron chi connectivity index (χ0n) is 9.19. The van der Waals surface area contributed by atoms with E-state index in [4.69, 9.17) is 4.74 Å². The summed E-state index contributed by atoms with van der Waals surface area (Å²) in [5, 5.41) is 2.05. The van der Waals surface area contributed by atoms with E-state index in [2.05, 4.69) is 18.4 Å². The van der Waals surface area contributed by atoms with Gasteiger partial charge in [0.2, 0.25) is 0 Å². The molecule has 1 heterocycles. The molecule has 16 heavy (non-hydrogen) atoms. The Bertz CT molecular complexity index is 514. The predicted molar refractivity (Wildman–Crippen MR) is 66.4 cm³/mol. The van der Waals surface area contributed by atoms with Crippen LogP contribution in [0.4, 0.5) is 0 Å². The highest BCUT2D eigenvalue weighted by Crippen LogP contribution is 2.30. The largest absolute Gasteiger partial charge is 0.496 e. The van der Waals surface area contributed by atoms with Crippen molar-refractivity contribution < 1.29 is 9.53 Å². The predicted octanol–water partition coefficient (Wildman–Crippen LogP) is 3.54. The second-order valence-electron chi connectivity index (χ2n) is 3.47. The number of aryl methyl sites for hydroxylation is 1. The van der Waals surface area contributed by atoms with Gasteiger partial charge in [-0.3, -0.25) is 4.79 Å². The van der Waals surface area contributed by atoms with E-state index in [1.54, 1.807) is 18.4 Å². The molecule has 1 aromatic heterocycles. The Morgan fingerprint density at radius 3 is 2.69 bits per heavy atom. The molecule has 0 radical (unpaired) electrons. The van der Waals surface area contributed by atoms with Gasteiger partial charge in [-0.15, -0.1) is 11.3 Å². The molecule has 0 fully saturated rings. The van der Waals surface area contributed by atoms with Gasteiger partial charge < -0.3 is 4.74 Å². The molecule has 0 saturated heterocycles. The average Bonchev–Trinajstić information content (AvgIpc) is 2.74. The van der Waals surface area contributed by atoms with Crippen molar-refractivity contribution >= 4 is 17.6 Å². The quantitative estimate of drug-likeness (QED) is 0.756. The molecule has 0 aliphatic rings. The molecule has 2 aromatic rings. The van der Waals surface area contributed by atoms with Crippen molar-refractivity contribution in [2.45, 2.75) is 6.92 Å². The maximum atomic E-state index is 10.9. The minimum Gasteiger partial charge on any atom is -0.496 e. The number of benzene rings is 1. The van der Waals surface area contributed by atoms with Crippen molar-refractivity contribution in [1.82, 2.24) is 0 Å². The summed E-state index contributed by atoms with van der Waals surface area (Å²) in [6, 6.07) is 7.73. The summed E-state index contributed by atoms with van der Waals surface area (Å²) in [5.41, 5.74) is 2.82. The lowest BCUT2D eigenvalue weighted by atomic mass is 10.0. The highest BCUT2D eigenvalue weighted by atomic mass is 32.1. The zero-order valence-corrected chi connectivity index (χ0v) is 10.0. The van der Waals surface area contributed by atoms with E-state index in [0.717, 1.165) is 11.8 Å². The molecule has 0 atom stereocenters. The number of methoxy groups -OCH3 is 1. The normalized spacial score (nSPS) is 10.1. The van der Waals surface area contributed by atoms with Gasteiger partial charge in [0, 0.05) is 4.88 Å². The second kappa shape index (κ2) is 4.49. The summed E-state index contributed by atoms with van der Waals surface area (Å²) in [6.45, 7) is 2.07. The van der Waals surface area contributed by atoms with E-state index in [-0.39, 0.29) is 0 Å². The first-order chi connectivity index (χ1) is 7.76. The first-order valence-electron chi connectivity index (χ1n) is 4.94. The summed E-state index contributed by atoms with van der Waals surface area (Å²) in [4.78, 5) is 12.2. The van der Waals surface area contributed by atoms with Crippen molar-refractivity contribution in [3.8, 4) is 16.9 Å². The van der Waals surface area contributed by atoms with Gasteiger partial charge in [-0.25, -0.2) is 0 Å². The minimum atomic E-state index is 0.589. The molecule has 3 heteroatoms. The van der Waals surface area contributed by atoms with Crippen molar-refractivity contribution in [2.24, 2.45) is 0 Å². The lowest BCUT2D eigenvalue weighted by molar-refractivity contribution is 0.112. The number of aldehydes is 1. The van der Waals surface area contributed by atoms with Gasteiger partial charge in [0.05, 0.1) is 12.7 Å². The summed E-state index contributed by atoms with van der Waals surface area (Å²) in [5.74, 6) is 0.617. The van der Waals surface area contributed by atoms with Crippen LogP contribution in [0.25, 0.3) is 11.1 Å². The third-order valence-electron chi connectivity index (χ3n) is 2.53. The molecule has 0 bridgehead atoms. The molecular formula is C13H12O2S. The molecular weight excluding hydrogens is 220 g/mol. The summed E-state index contributed by atoms with van der Waals surface area (Å²) >= 11 is 1.70. The number of hydrogen-bond donors (Lipinski definition) is 0. The topological polar surface area (TPSA) is 26.3 Å². The van der Waals surface area contributed by atoms with Crippen LogP contribution in [0.5, 0.6) is 5.75 Å². The van der Waals surface area contributed by atoms with E-state index < -0.39 is 0 Å². The minimum absolute atomic E-state index is 0.589. The Morgan fingerprint density at radius 2 is 2.12 bits per heavy atom. The van der Waals surface area contributed by atoms with Crippen LogP contribution >= 0.6 is 11.3 Å². The highest BCUT2D eigenvalue weighted by molar-refractivity contribution is 7.10. The molecule has 0 amide bonds. The molecule has 1 aromatic carbocycles. The van der Waals surface area contributed by atoms with Gasteiger partial charge in [-0.2, -0.15) is 0 Å². The lowest BCUT2D eigenvalue weighted by Crippen LogP contribution is -1.91. The molecule has 0 aliphatic carbocycles. The van der Waals surface area contributed by atoms with Crippen LogP contribution in [-0.4, -0.2) is 13.4 Å². The number of rotatable bonds is 3. The van der Waals surface area contributed by atoms with E-state index in [9.17, 15) is 4.79 Å². The molecule has 0 saturated carbocycles. The maximum Gasteiger partial charge on any atom is 0.153 e. The van der Waals surface area contributed by atoms with Crippen molar-refractivity contribution in [3.05, 3.63) is 40.1 Å². The Labute approximate surface area is 98.5 Å². The fraction of sp³-hybridized carbons (Fsp3) is 0.154. The second-order valence-corrected chi connectivity index (χ2v) is 4.59. The van der Waals surface area contributed by atoms with Crippen LogP contribution in [0.3, 0.4) is 0 Å². The fourth-order valence-corrected chi connectivity index (χ4v) is 2.40.